The zero-order chi connectivity index (χ0) is 22.5. The Hall–Kier alpha value is -3.38. The van der Waals surface area contributed by atoms with Gasteiger partial charge in [0.1, 0.15) is 5.75 Å². The lowest BCUT2D eigenvalue weighted by atomic mass is 9.93. The molecule has 2 atom stereocenters. The summed E-state index contributed by atoms with van der Waals surface area (Å²) < 4.78 is 7.40. The van der Waals surface area contributed by atoms with E-state index in [1.807, 2.05) is 60.3 Å². The Bertz CT molecular complexity index is 1090. The molecule has 2 unspecified atom stereocenters. The average molecular weight is 432 g/mol. The number of allylic oxidation sites excluding steroid dienone is 1. The largest absolute Gasteiger partial charge is 0.495 e. The first-order chi connectivity index (χ1) is 15.6. The molecule has 3 aromatic rings. The number of carbonyl (C=O) groups excluding carboxylic acids is 1. The van der Waals surface area contributed by atoms with Crippen LogP contribution in [0.15, 0.2) is 73.3 Å². The number of methoxy groups -OCH3 is 1. The minimum absolute atomic E-state index is 0.0448. The van der Waals surface area contributed by atoms with E-state index in [0.29, 0.717) is 11.3 Å². The smallest absolute Gasteiger partial charge is 0.187 e. The summed E-state index contributed by atoms with van der Waals surface area (Å²) in [6.07, 6.45) is 9.47. The van der Waals surface area contributed by atoms with Crippen LogP contribution in [0.25, 0.3) is 5.69 Å². The fraction of sp³-hybridized carbons (Fsp3) is 0.308. The molecule has 6 nitrogen and oxygen atoms in total. The standard InChI is InChI=1S/C26H29N3O3/c1-19-17-29(18-27-19)22-12-11-21(16-25(22)32-2)24(30)13-15-28-14-7-6-10-23(28)26(31)20-8-4-3-5-9-20/h3-5,8-9,11-13,15-18,23,26,31H,6-7,10,14H2,1-2H3/b15-13+. The van der Waals surface area contributed by atoms with E-state index < -0.39 is 6.10 Å². The van der Waals surface area contributed by atoms with E-state index in [0.717, 1.165) is 42.8 Å². The number of aliphatic hydroxyl groups excluding tert-OH is 1. The maximum Gasteiger partial charge on any atom is 0.187 e. The molecule has 1 fully saturated rings. The minimum atomic E-state index is -0.589. The Labute approximate surface area is 188 Å². The maximum absolute atomic E-state index is 12.9. The number of aryl methyl sites for hydroxylation is 1. The normalized spacial score (nSPS) is 17.5. The molecular formula is C26H29N3O3. The fourth-order valence-corrected chi connectivity index (χ4v) is 4.23. The molecule has 166 valence electrons. The molecule has 1 aliphatic rings. The summed E-state index contributed by atoms with van der Waals surface area (Å²) >= 11 is 0. The maximum atomic E-state index is 12.9. The van der Waals surface area contributed by atoms with Crippen LogP contribution in [0, 0.1) is 6.92 Å². The van der Waals surface area contributed by atoms with Crippen molar-refractivity contribution in [2.24, 2.45) is 0 Å². The molecule has 4 rings (SSSR count). The van der Waals surface area contributed by atoms with Crippen molar-refractivity contribution < 1.29 is 14.6 Å². The van der Waals surface area contributed by atoms with Crippen molar-refractivity contribution >= 4 is 5.78 Å². The van der Waals surface area contributed by atoms with E-state index in [9.17, 15) is 9.90 Å². The Morgan fingerprint density at radius 3 is 2.75 bits per heavy atom. The van der Waals surface area contributed by atoms with Crippen LogP contribution in [0.2, 0.25) is 0 Å². The van der Waals surface area contributed by atoms with Crippen molar-refractivity contribution in [1.82, 2.24) is 14.5 Å². The molecule has 6 heteroatoms. The van der Waals surface area contributed by atoms with Gasteiger partial charge in [-0.2, -0.15) is 0 Å². The van der Waals surface area contributed by atoms with Crippen LogP contribution in [0.4, 0.5) is 0 Å². The zero-order valence-electron chi connectivity index (χ0n) is 18.5. The number of piperidine rings is 1. The molecule has 32 heavy (non-hydrogen) atoms. The molecule has 1 saturated heterocycles. The SMILES string of the molecule is COc1cc(C(=O)/C=C/N2CCCCC2C(O)c2ccccc2)ccc1-n1cnc(C)c1. The molecule has 0 bridgehead atoms. The first-order valence-corrected chi connectivity index (χ1v) is 11.0. The van der Waals surface area contributed by atoms with Crippen LogP contribution < -0.4 is 4.74 Å². The van der Waals surface area contributed by atoms with Crippen molar-refractivity contribution in [3.63, 3.8) is 0 Å². The molecule has 1 N–H and O–H groups in total. The monoisotopic (exact) mass is 431 g/mol. The van der Waals surface area contributed by atoms with Crippen LogP contribution in [0.5, 0.6) is 5.75 Å². The predicted octanol–water partition coefficient (Wildman–Crippen LogP) is 4.47. The number of hydrogen-bond acceptors (Lipinski definition) is 5. The number of rotatable bonds is 7. The second-order valence-corrected chi connectivity index (χ2v) is 8.15. The molecule has 1 aromatic heterocycles. The highest BCUT2D eigenvalue weighted by atomic mass is 16.5. The van der Waals surface area contributed by atoms with E-state index in [1.54, 1.807) is 31.6 Å². The first-order valence-electron chi connectivity index (χ1n) is 11.0. The lowest BCUT2D eigenvalue weighted by Gasteiger charge is -2.38. The van der Waals surface area contributed by atoms with Crippen molar-refractivity contribution in [2.45, 2.75) is 38.3 Å². The quantitative estimate of drug-likeness (QED) is 0.441. The van der Waals surface area contributed by atoms with Crippen molar-refractivity contribution in [3.8, 4) is 11.4 Å². The number of nitrogens with zero attached hydrogens (tertiary/aromatic N) is 3. The number of aliphatic hydroxyl groups is 1. The molecular weight excluding hydrogens is 402 g/mol. The second kappa shape index (κ2) is 9.83. The van der Waals surface area contributed by atoms with Crippen molar-refractivity contribution in [2.75, 3.05) is 13.7 Å². The third-order valence-corrected chi connectivity index (χ3v) is 5.97. The summed E-state index contributed by atoms with van der Waals surface area (Å²) in [5, 5.41) is 10.9. The average Bonchev–Trinajstić information content (AvgIpc) is 3.28. The number of benzene rings is 2. The molecule has 0 radical (unpaired) electrons. The van der Waals surface area contributed by atoms with Crippen LogP contribution in [-0.4, -0.2) is 45.0 Å². The molecule has 0 aliphatic carbocycles. The van der Waals surface area contributed by atoms with Gasteiger partial charge in [-0.25, -0.2) is 4.98 Å². The van der Waals surface area contributed by atoms with Gasteiger partial charge in [0.2, 0.25) is 0 Å². The predicted molar refractivity (Wildman–Crippen MR) is 124 cm³/mol. The van der Waals surface area contributed by atoms with E-state index in [1.165, 1.54) is 0 Å². The highest BCUT2D eigenvalue weighted by Crippen LogP contribution is 2.29. The topological polar surface area (TPSA) is 67.6 Å². The van der Waals surface area contributed by atoms with Gasteiger partial charge in [0.15, 0.2) is 5.78 Å². The summed E-state index contributed by atoms with van der Waals surface area (Å²) in [5.74, 6) is 0.507. The first kappa shape index (κ1) is 21.8. The van der Waals surface area contributed by atoms with Gasteiger partial charge in [-0.1, -0.05) is 30.3 Å². The lowest BCUT2D eigenvalue weighted by Crippen LogP contribution is -2.40. The van der Waals surface area contributed by atoms with Crippen molar-refractivity contribution in [1.29, 1.82) is 0 Å². The van der Waals surface area contributed by atoms with Gasteiger partial charge in [0.05, 0.1) is 37.0 Å². The second-order valence-electron chi connectivity index (χ2n) is 8.15. The van der Waals surface area contributed by atoms with Crippen LogP contribution >= 0.6 is 0 Å². The number of ketones is 1. The summed E-state index contributed by atoms with van der Waals surface area (Å²) in [7, 11) is 1.59. The van der Waals surface area contributed by atoms with Crippen LogP contribution in [0.1, 0.15) is 47.0 Å². The van der Waals surface area contributed by atoms with Crippen LogP contribution in [-0.2, 0) is 0 Å². The fourth-order valence-electron chi connectivity index (χ4n) is 4.23. The van der Waals surface area contributed by atoms with Gasteiger partial charge in [-0.3, -0.25) is 4.79 Å². The molecule has 1 aliphatic heterocycles. The molecule has 0 amide bonds. The van der Waals surface area contributed by atoms with Crippen molar-refractivity contribution in [3.05, 3.63) is 90.2 Å². The van der Waals surface area contributed by atoms with E-state index in [-0.39, 0.29) is 11.8 Å². The Balaban J connectivity index is 1.51. The Kier molecular flexibility index (Phi) is 6.71. The van der Waals surface area contributed by atoms with Gasteiger partial charge in [0.25, 0.3) is 0 Å². The van der Waals surface area contributed by atoms with Gasteiger partial charge < -0.3 is 19.3 Å². The van der Waals surface area contributed by atoms with Gasteiger partial charge in [-0.15, -0.1) is 0 Å². The summed E-state index contributed by atoms with van der Waals surface area (Å²) in [6, 6.07) is 15.1. The number of aromatic nitrogens is 2. The van der Waals surface area contributed by atoms with Gasteiger partial charge in [0, 0.05) is 30.6 Å². The van der Waals surface area contributed by atoms with Gasteiger partial charge >= 0.3 is 0 Å². The van der Waals surface area contributed by atoms with E-state index in [4.69, 9.17) is 4.74 Å². The third-order valence-electron chi connectivity index (χ3n) is 5.97. The highest BCUT2D eigenvalue weighted by Gasteiger charge is 2.28. The van der Waals surface area contributed by atoms with E-state index in [2.05, 4.69) is 9.88 Å². The van der Waals surface area contributed by atoms with Gasteiger partial charge in [-0.05, 0) is 49.9 Å². The molecule has 2 heterocycles. The molecule has 2 aromatic carbocycles. The number of likely N-dealkylation sites (tertiary alicyclic amines) is 1. The Morgan fingerprint density at radius 1 is 1.22 bits per heavy atom. The summed E-state index contributed by atoms with van der Waals surface area (Å²) in [4.78, 5) is 19.3. The molecule has 0 saturated carbocycles. The summed E-state index contributed by atoms with van der Waals surface area (Å²) in [5.41, 5.74) is 3.19. The number of imidazole rings is 1. The molecule has 0 spiro atoms. The summed E-state index contributed by atoms with van der Waals surface area (Å²) in [6.45, 7) is 2.74. The number of carbonyl (C=O) groups is 1. The van der Waals surface area contributed by atoms with E-state index >= 15 is 0 Å². The third kappa shape index (κ3) is 4.75. The number of hydrogen-bond donors (Lipinski definition) is 1. The lowest BCUT2D eigenvalue weighted by molar-refractivity contribution is 0.0515. The zero-order valence-corrected chi connectivity index (χ0v) is 18.5. The van der Waals surface area contributed by atoms with Crippen LogP contribution in [0.3, 0.4) is 0 Å². The minimum Gasteiger partial charge on any atom is -0.495 e. The Morgan fingerprint density at radius 2 is 2.03 bits per heavy atom. The highest BCUT2D eigenvalue weighted by molar-refractivity contribution is 6.04. The number of ether oxygens (including phenoxy) is 1.